The van der Waals surface area contributed by atoms with Gasteiger partial charge in [0.2, 0.25) is 0 Å². The number of nitrogens with zero attached hydrogens (tertiary/aromatic N) is 3. The maximum Gasteiger partial charge on any atom is 0.265 e. The number of hydrogen-bond donors (Lipinski definition) is 0. The van der Waals surface area contributed by atoms with Gasteiger partial charge in [-0.3, -0.25) is 9.78 Å². The molecule has 0 unspecified atom stereocenters. The Bertz CT molecular complexity index is 853. The van der Waals surface area contributed by atoms with Crippen LogP contribution in [-0.4, -0.2) is 48.5 Å². The Labute approximate surface area is 145 Å². The van der Waals surface area contributed by atoms with E-state index in [2.05, 4.69) is 9.97 Å². The first-order valence-corrected chi connectivity index (χ1v) is 10.5. The number of carbonyl (C=O) groups is 1. The van der Waals surface area contributed by atoms with Gasteiger partial charge in [0.15, 0.2) is 9.84 Å². The standard InChI is InChI=1S/C16H19N3O3S2/c1-11-15(23-10-18-11)16(20)19-8-5-12(6-9-19)14-13(24(2,21)22)4-3-7-17-14/h3-4,7,10,12H,5-6,8-9H2,1-2H3. The number of piperidine rings is 1. The fourth-order valence-electron chi connectivity index (χ4n) is 3.03. The third-order valence-electron chi connectivity index (χ3n) is 4.31. The SMILES string of the molecule is Cc1ncsc1C(=O)N1CCC(c2ncccc2S(C)(=O)=O)CC1. The zero-order chi connectivity index (χ0) is 17.3. The predicted molar refractivity (Wildman–Crippen MR) is 92.1 cm³/mol. The molecule has 2 aromatic heterocycles. The lowest BCUT2D eigenvalue weighted by Crippen LogP contribution is -2.38. The van der Waals surface area contributed by atoms with E-state index in [1.54, 1.807) is 23.8 Å². The van der Waals surface area contributed by atoms with E-state index in [-0.39, 0.29) is 11.8 Å². The third kappa shape index (κ3) is 3.34. The molecule has 1 aliphatic rings. The van der Waals surface area contributed by atoms with Gasteiger partial charge in [-0.2, -0.15) is 0 Å². The first-order chi connectivity index (χ1) is 11.4. The summed E-state index contributed by atoms with van der Waals surface area (Å²) in [5.41, 5.74) is 3.07. The molecule has 0 bridgehead atoms. The summed E-state index contributed by atoms with van der Waals surface area (Å²) in [5.74, 6) is 0.0698. The molecule has 0 aliphatic carbocycles. The molecule has 0 saturated carbocycles. The minimum Gasteiger partial charge on any atom is -0.338 e. The first kappa shape index (κ1) is 17.0. The van der Waals surface area contributed by atoms with Gasteiger partial charge >= 0.3 is 0 Å². The van der Waals surface area contributed by atoms with Crippen LogP contribution >= 0.6 is 11.3 Å². The van der Waals surface area contributed by atoms with Gasteiger partial charge in [0.05, 0.1) is 21.8 Å². The molecule has 3 rings (SSSR count). The van der Waals surface area contributed by atoms with Crippen LogP contribution in [0.5, 0.6) is 0 Å². The maximum absolute atomic E-state index is 12.5. The van der Waals surface area contributed by atoms with E-state index < -0.39 is 9.84 Å². The van der Waals surface area contributed by atoms with Gasteiger partial charge in [0.1, 0.15) is 4.88 Å². The molecule has 128 valence electrons. The van der Waals surface area contributed by atoms with Crippen molar-refractivity contribution in [3.63, 3.8) is 0 Å². The number of aromatic nitrogens is 2. The van der Waals surface area contributed by atoms with Crippen LogP contribution in [-0.2, 0) is 9.84 Å². The van der Waals surface area contributed by atoms with Crippen molar-refractivity contribution in [3.05, 3.63) is 40.1 Å². The molecule has 0 aromatic carbocycles. The molecule has 8 heteroatoms. The van der Waals surface area contributed by atoms with Crippen molar-refractivity contribution in [2.45, 2.75) is 30.6 Å². The second-order valence-corrected chi connectivity index (χ2v) is 8.83. The molecule has 1 saturated heterocycles. The highest BCUT2D eigenvalue weighted by Gasteiger charge is 2.29. The Kier molecular flexibility index (Phi) is 4.69. The van der Waals surface area contributed by atoms with Gasteiger partial charge in [0.25, 0.3) is 5.91 Å². The van der Waals surface area contributed by atoms with Crippen molar-refractivity contribution >= 4 is 27.1 Å². The number of hydrogen-bond acceptors (Lipinski definition) is 6. The van der Waals surface area contributed by atoms with E-state index in [9.17, 15) is 13.2 Å². The monoisotopic (exact) mass is 365 g/mol. The highest BCUT2D eigenvalue weighted by Crippen LogP contribution is 2.31. The molecule has 6 nitrogen and oxygen atoms in total. The molecule has 0 spiro atoms. The van der Waals surface area contributed by atoms with Gasteiger partial charge < -0.3 is 4.90 Å². The topological polar surface area (TPSA) is 80.2 Å². The molecule has 1 aliphatic heterocycles. The fraction of sp³-hybridized carbons (Fsp3) is 0.438. The summed E-state index contributed by atoms with van der Waals surface area (Å²) >= 11 is 1.36. The lowest BCUT2D eigenvalue weighted by molar-refractivity contribution is 0.0715. The smallest absolute Gasteiger partial charge is 0.265 e. The van der Waals surface area contributed by atoms with Crippen LogP contribution in [0.25, 0.3) is 0 Å². The summed E-state index contributed by atoms with van der Waals surface area (Å²) < 4.78 is 23.9. The van der Waals surface area contributed by atoms with E-state index in [1.165, 1.54) is 17.6 Å². The lowest BCUT2D eigenvalue weighted by Gasteiger charge is -2.32. The number of amides is 1. The van der Waals surface area contributed by atoms with Crippen LogP contribution in [0, 0.1) is 6.92 Å². The van der Waals surface area contributed by atoms with Crippen LogP contribution in [0.15, 0.2) is 28.7 Å². The molecule has 1 fully saturated rings. The van der Waals surface area contributed by atoms with E-state index in [0.717, 1.165) is 5.69 Å². The molecule has 1 amide bonds. The molecule has 24 heavy (non-hydrogen) atoms. The minimum atomic E-state index is -3.30. The van der Waals surface area contributed by atoms with Crippen LogP contribution < -0.4 is 0 Å². The van der Waals surface area contributed by atoms with Gasteiger partial charge in [-0.15, -0.1) is 11.3 Å². The fourth-order valence-corrected chi connectivity index (χ4v) is 4.72. The van der Waals surface area contributed by atoms with Crippen molar-refractivity contribution < 1.29 is 13.2 Å². The van der Waals surface area contributed by atoms with Crippen molar-refractivity contribution in [2.75, 3.05) is 19.3 Å². The Morgan fingerprint density at radius 2 is 2.00 bits per heavy atom. The van der Waals surface area contributed by atoms with Crippen LogP contribution in [0.4, 0.5) is 0 Å². The van der Waals surface area contributed by atoms with E-state index in [1.807, 2.05) is 11.8 Å². The molecule has 3 heterocycles. The van der Waals surface area contributed by atoms with Crippen molar-refractivity contribution in [2.24, 2.45) is 0 Å². The number of thiazole rings is 1. The molecule has 0 radical (unpaired) electrons. The highest BCUT2D eigenvalue weighted by atomic mass is 32.2. The number of rotatable bonds is 3. The molecular weight excluding hydrogens is 346 g/mol. The van der Waals surface area contributed by atoms with Gasteiger partial charge in [-0.1, -0.05) is 0 Å². The van der Waals surface area contributed by atoms with Crippen molar-refractivity contribution in [3.8, 4) is 0 Å². The minimum absolute atomic E-state index is 0.0119. The largest absolute Gasteiger partial charge is 0.338 e. The van der Waals surface area contributed by atoms with Gasteiger partial charge in [-0.05, 0) is 31.9 Å². The molecule has 2 aromatic rings. The summed E-state index contributed by atoms with van der Waals surface area (Å²) in [6.07, 6.45) is 4.26. The number of carbonyl (C=O) groups excluding carboxylic acids is 1. The normalized spacial score (nSPS) is 16.3. The number of sulfone groups is 1. The summed E-state index contributed by atoms with van der Waals surface area (Å²) in [7, 11) is -3.30. The Morgan fingerprint density at radius 1 is 1.29 bits per heavy atom. The predicted octanol–water partition coefficient (Wildman–Crippen LogP) is 2.27. The second kappa shape index (κ2) is 6.60. The highest BCUT2D eigenvalue weighted by molar-refractivity contribution is 7.90. The summed E-state index contributed by atoms with van der Waals surface area (Å²) in [6.45, 7) is 3.03. The Morgan fingerprint density at radius 3 is 2.58 bits per heavy atom. The molecule has 0 N–H and O–H groups in total. The van der Waals surface area contributed by atoms with Crippen LogP contribution in [0.2, 0.25) is 0 Å². The molecular formula is C16H19N3O3S2. The number of likely N-dealkylation sites (tertiary alicyclic amines) is 1. The third-order valence-corrected chi connectivity index (χ3v) is 6.37. The van der Waals surface area contributed by atoms with E-state index >= 15 is 0 Å². The number of pyridine rings is 1. The average Bonchev–Trinajstić information content (AvgIpc) is 2.99. The summed E-state index contributed by atoms with van der Waals surface area (Å²) in [5, 5.41) is 0. The van der Waals surface area contributed by atoms with Gasteiger partial charge in [0, 0.05) is 31.5 Å². The van der Waals surface area contributed by atoms with Crippen LogP contribution in [0.3, 0.4) is 0 Å². The van der Waals surface area contributed by atoms with Crippen molar-refractivity contribution in [1.82, 2.24) is 14.9 Å². The zero-order valence-electron chi connectivity index (χ0n) is 13.6. The Hall–Kier alpha value is -1.80. The quantitative estimate of drug-likeness (QED) is 0.833. The van der Waals surface area contributed by atoms with Gasteiger partial charge in [-0.25, -0.2) is 13.4 Å². The molecule has 0 atom stereocenters. The first-order valence-electron chi connectivity index (χ1n) is 7.72. The zero-order valence-corrected chi connectivity index (χ0v) is 15.2. The average molecular weight is 365 g/mol. The van der Waals surface area contributed by atoms with E-state index in [4.69, 9.17) is 0 Å². The lowest BCUT2D eigenvalue weighted by atomic mass is 9.93. The maximum atomic E-state index is 12.5. The van der Waals surface area contributed by atoms with Crippen LogP contribution in [0.1, 0.15) is 39.8 Å². The van der Waals surface area contributed by atoms with E-state index in [0.29, 0.717) is 41.4 Å². The summed E-state index contributed by atoms with van der Waals surface area (Å²) in [6, 6.07) is 3.25. The summed E-state index contributed by atoms with van der Waals surface area (Å²) in [4.78, 5) is 23.8. The number of aryl methyl sites for hydroxylation is 1. The Balaban J connectivity index is 1.75. The second-order valence-electron chi connectivity index (χ2n) is 5.99. The van der Waals surface area contributed by atoms with Crippen molar-refractivity contribution in [1.29, 1.82) is 0 Å².